The van der Waals surface area contributed by atoms with E-state index in [-0.39, 0.29) is 57.4 Å². The minimum Gasteiger partial charge on any atom is -0.481 e. The first-order valence-corrected chi connectivity index (χ1v) is 27.5. The highest BCUT2D eigenvalue weighted by atomic mass is 16.5. The van der Waals surface area contributed by atoms with Crippen LogP contribution in [0.2, 0.25) is 0 Å². The lowest BCUT2D eigenvalue weighted by Crippen LogP contribution is -2.71. The number of aliphatic carboxylic acids is 1. The van der Waals surface area contributed by atoms with Gasteiger partial charge in [0.05, 0.1) is 30.0 Å². The molecule has 9 fully saturated rings. The quantitative estimate of drug-likeness (QED) is 0.210. The number of nitrogens with one attached hydrogen (secondary N) is 1. The first kappa shape index (κ1) is 48.6. The van der Waals surface area contributed by atoms with E-state index in [2.05, 4.69) is 56.7 Å². The van der Waals surface area contributed by atoms with Crippen LogP contribution in [0, 0.1) is 90.7 Å². The molecule has 2 amide bonds. The summed E-state index contributed by atoms with van der Waals surface area (Å²) < 4.78 is 11.4. The highest BCUT2D eigenvalue weighted by Gasteiger charge is 2.77. The number of morpholine rings is 1. The molecule has 7 saturated carbocycles. The van der Waals surface area contributed by atoms with Gasteiger partial charge in [-0.25, -0.2) is 0 Å². The van der Waals surface area contributed by atoms with Crippen molar-refractivity contribution in [3.63, 3.8) is 0 Å². The zero-order chi connectivity index (χ0) is 48.3. The third-order valence-corrected chi connectivity index (χ3v) is 23.8. The number of fused-ring (bicyclic) bond motifs is 7. The lowest BCUT2D eigenvalue weighted by molar-refractivity contribution is -0.270. The summed E-state index contributed by atoms with van der Waals surface area (Å²) in [6.07, 6.45) is 15.2. The summed E-state index contributed by atoms with van der Waals surface area (Å²) >= 11 is 0. The van der Waals surface area contributed by atoms with Gasteiger partial charge in [-0.15, -0.1) is 0 Å². The lowest BCUT2D eigenvalue weighted by Gasteiger charge is -2.75. The van der Waals surface area contributed by atoms with Crippen molar-refractivity contribution in [1.29, 1.82) is 0 Å². The second-order valence-corrected chi connectivity index (χ2v) is 26.7. The van der Waals surface area contributed by atoms with E-state index in [0.29, 0.717) is 67.0 Å². The van der Waals surface area contributed by atoms with E-state index in [1.807, 2.05) is 44.2 Å². The van der Waals surface area contributed by atoms with Crippen LogP contribution >= 0.6 is 0 Å². The first-order valence-electron chi connectivity index (χ1n) is 27.5. The molecule has 1 aromatic carbocycles. The van der Waals surface area contributed by atoms with Crippen LogP contribution in [0.3, 0.4) is 0 Å². The topological polar surface area (TPSA) is 125 Å². The average Bonchev–Trinajstić information content (AvgIpc) is 3.93. The van der Waals surface area contributed by atoms with Gasteiger partial charge in [0.2, 0.25) is 11.8 Å². The number of ether oxygens (including phenoxy) is 2. The van der Waals surface area contributed by atoms with Crippen LogP contribution in [0.4, 0.5) is 0 Å². The molecule has 0 aromatic heterocycles. The Morgan fingerprint density at radius 2 is 1.41 bits per heavy atom. The molecule has 2 heterocycles. The Morgan fingerprint density at radius 1 is 0.721 bits per heavy atom. The van der Waals surface area contributed by atoms with E-state index in [1.165, 1.54) is 32.1 Å². The molecular formula is C58H87N3O7. The summed E-state index contributed by atoms with van der Waals surface area (Å²) in [5.41, 5.74) is -0.686. The highest BCUT2D eigenvalue weighted by Crippen LogP contribution is 2.81. The summed E-state index contributed by atoms with van der Waals surface area (Å²) in [6, 6.07) is 9.75. The highest BCUT2D eigenvalue weighted by molar-refractivity contribution is 5.86. The molecule has 12 atom stereocenters. The largest absolute Gasteiger partial charge is 0.481 e. The van der Waals surface area contributed by atoms with E-state index in [4.69, 9.17) is 9.47 Å². The number of rotatable bonds is 11. The molecule has 10 nitrogen and oxygen atoms in total. The molecule has 1 aromatic rings. The molecule has 2 saturated heterocycles. The minimum atomic E-state index is -1.00. The number of carbonyl (C=O) groups excluding carboxylic acids is 3. The predicted molar refractivity (Wildman–Crippen MR) is 263 cm³/mol. The van der Waals surface area contributed by atoms with Crippen LogP contribution in [0.5, 0.6) is 0 Å². The minimum absolute atomic E-state index is 0.0269. The van der Waals surface area contributed by atoms with Crippen molar-refractivity contribution >= 4 is 23.8 Å². The Morgan fingerprint density at radius 3 is 2.07 bits per heavy atom. The van der Waals surface area contributed by atoms with E-state index >= 15 is 4.79 Å². The van der Waals surface area contributed by atoms with Gasteiger partial charge < -0.3 is 24.8 Å². The van der Waals surface area contributed by atoms with Crippen molar-refractivity contribution in [2.45, 2.75) is 158 Å². The molecule has 1 unspecified atom stereocenters. The van der Waals surface area contributed by atoms with E-state index < -0.39 is 22.7 Å². The number of carboxylic acids is 1. The van der Waals surface area contributed by atoms with Gasteiger partial charge >= 0.3 is 11.9 Å². The number of esters is 1. The first-order chi connectivity index (χ1) is 32.2. The molecule has 9 aliphatic rings. The molecule has 0 spiro atoms. The second kappa shape index (κ2) is 17.1. The van der Waals surface area contributed by atoms with E-state index in [9.17, 15) is 19.5 Å². The number of amides is 2. The Balaban J connectivity index is 0.850. The van der Waals surface area contributed by atoms with Gasteiger partial charge in [-0.2, -0.15) is 0 Å². The molecule has 2 N–H and O–H groups in total. The van der Waals surface area contributed by atoms with Gasteiger partial charge in [0.1, 0.15) is 6.61 Å². The van der Waals surface area contributed by atoms with Crippen molar-refractivity contribution in [3.8, 4) is 0 Å². The van der Waals surface area contributed by atoms with Gasteiger partial charge in [-0.3, -0.25) is 24.1 Å². The average molecular weight is 938 g/mol. The molecule has 10 heteroatoms. The van der Waals surface area contributed by atoms with Crippen molar-refractivity contribution < 1.29 is 33.8 Å². The molecule has 7 aliphatic carbocycles. The summed E-state index contributed by atoms with van der Waals surface area (Å²) in [5.74, 6) is 1.45. The third kappa shape index (κ3) is 7.16. The van der Waals surface area contributed by atoms with Crippen molar-refractivity contribution in [2.75, 3.05) is 52.5 Å². The van der Waals surface area contributed by atoms with Gasteiger partial charge in [0.15, 0.2) is 0 Å². The predicted octanol–water partition coefficient (Wildman–Crippen LogP) is 10.0. The number of benzene rings is 1. The van der Waals surface area contributed by atoms with Crippen LogP contribution in [0.25, 0.3) is 0 Å². The zero-order valence-corrected chi connectivity index (χ0v) is 43.3. The Kier molecular flexibility index (Phi) is 12.2. The van der Waals surface area contributed by atoms with Gasteiger partial charge in [-0.1, -0.05) is 85.7 Å². The summed E-state index contributed by atoms with van der Waals surface area (Å²) in [5, 5.41) is 14.6. The van der Waals surface area contributed by atoms with E-state index in [1.54, 1.807) is 0 Å². The van der Waals surface area contributed by atoms with Gasteiger partial charge in [0, 0.05) is 45.2 Å². The molecule has 68 heavy (non-hydrogen) atoms. The maximum Gasteiger partial charge on any atom is 0.310 e. The number of nitrogens with zero attached hydrogens (tertiary/aromatic N) is 2. The monoisotopic (exact) mass is 938 g/mol. The molecule has 0 radical (unpaired) electrons. The smallest absolute Gasteiger partial charge is 0.310 e. The molecule has 0 bridgehead atoms. The maximum atomic E-state index is 15.5. The fraction of sp³-hybridized carbons (Fsp3) is 0.828. The van der Waals surface area contributed by atoms with Crippen LogP contribution in [-0.4, -0.2) is 91.1 Å². The number of hydrogen-bond donors (Lipinski definition) is 2. The number of carbonyl (C=O) groups is 4. The normalized spacial score (nSPS) is 42.5. The van der Waals surface area contributed by atoms with Crippen LogP contribution in [-0.2, 0) is 35.3 Å². The number of carboxylic acid groups (broad SMARTS) is 1. The maximum absolute atomic E-state index is 15.5. The van der Waals surface area contributed by atoms with Crippen molar-refractivity contribution in [3.05, 3.63) is 35.9 Å². The summed E-state index contributed by atoms with van der Waals surface area (Å²) in [7, 11) is 0. The van der Waals surface area contributed by atoms with Crippen molar-refractivity contribution in [1.82, 2.24) is 15.1 Å². The Hall–Kier alpha value is -2.98. The summed E-state index contributed by atoms with van der Waals surface area (Å²) in [4.78, 5) is 61.0. The van der Waals surface area contributed by atoms with Crippen LogP contribution in [0.1, 0.15) is 157 Å². The SMILES string of the molecule is CC1(C2CC[C@]3(C(=O)N4CCC(C(=O)NCCN5CCOCC5)CC4)CC[C@]4(C)[C@H](CC[C@@H]5[C@]6(C)CC[C@H]([C@@]7(C(=O)O)C[C@@H](C(=O)OCc8ccccc8)C7(C)C)C(C)(C)[C@H]6CC[C@]54C)[C@@H]23)CC1. The molecular weight excluding hydrogens is 851 g/mol. The molecule has 376 valence electrons. The molecule has 2 aliphatic heterocycles. The van der Waals surface area contributed by atoms with Gasteiger partial charge in [-0.05, 0) is 170 Å². The third-order valence-electron chi connectivity index (χ3n) is 23.8. The second-order valence-electron chi connectivity index (χ2n) is 26.7. The number of hydrogen-bond acceptors (Lipinski definition) is 7. The van der Waals surface area contributed by atoms with Crippen molar-refractivity contribution in [2.24, 2.45) is 90.7 Å². The Labute approximate surface area is 408 Å². The Bertz CT molecular complexity index is 2110. The molecule has 10 rings (SSSR count). The fourth-order valence-electron chi connectivity index (χ4n) is 19.5. The number of likely N-dealkylation sites (tertiary alicyclic amines) is 1. The standard InChI is InChI=1S/C58H87N3O7/c1-51(2)43-18-22-56(8)45(54(43,6)21-17-44(51)58(50(65)66)36-42(52(58,3)4)48(63)68-37-38-12-10-9-11-13-38)15-14-41-46-40(53(5)24-25-53)16-23-57(46,27-26-55(41,56)7)49(64)61-29-19-39(20-30-61)47(62)59-28-31-60-32-34-67-35-33-60/h9-13,39-46H,14-37H2,1-8H3,(H,59,62)(H,65,66)/t40?,41-,42+,43-,44+,45-,46-,54-,55-,56-,57+,58-/m1/s1. The van der Waals surface area contributed by atoms with E-state index in [0.717, 1.165) is 96.2 Å². The fourth-order valence-corrected chi connectivity index (χ4v) is 19.5. The summed E-state index contributed by atoms with van der Waals surface area (Å²) in [6.45, 7) is 25.9. The van der Waals surface area contributed by atoms with Crippen LogP contribution < -0.4 is 5.32 Å². The van der Waals surface area contributed by atoms with Gasteiger partial charge in [0.25, 0.3) is 0 Å². The lowest BCUT2D eigenvalue weighted by atomic mass is 9.29. The number of piperidine rings is 1. The van der Waals surface area contributed by atoms with Crippen LogP contribution in [0.15, 0.2) is 30.3 Å². The zero-order valence-electron chi connectivity index (χ0n) is 43.3.